The highest BCUT2D eigenvalue weighted by Gasteiger charge is 2.40. The van der Waals surface area contributed by atoms with Crippen LogP contribution in [0.5, 0.6) is 0 Å². The van der Waals surface area contributed by atoms with Gasteiger partial charge in [0.05, 0.1) is 13.2 Å². The molecule has 27 heavy (non-hydrogen) atoms. The van der Waals surface area contributed by atoms with Crippen LogP contribution in [0.2, 0.25) is 0 Å². The highest BCUT2D eigenvalue weighted by atomic mass is 16.4. The number of hydrogen-bond donors (Lipinski definition) is 6. The first-order valence-electron chi connectivity index (χ1n) is 8.17. The third kappa shape index (κ3) is 4.08. The molecule has 1 aromatic rings. The Kier molecular flexibility index (Phi) is 6.15. The molecule has 150 valence electrons. The molecule has 1 amide bonds. The first kappa shape index (κ1) is 20.8. The first-order chi connectivity index (χ1) is 12.6. The molecule has 0 aliphatic carbocycles. The van der Waals surface area contributed by atoms with E-state index >= 15 is 0 Å². The number of nitrogens with zero attached hydrogens (tertiary/aromatic N) is 2. The minimum Gasteiger partial charge on any atom is -0.394 e. The number of aliphatic hydroxyl groups excluding tert-OH is 4. The van der Waals surface area contributed by atoms with Gasteiger partial charge in [-0.1, -0.05) is 0 Å². The van der Waals surface area contributed by atoms with Crippen molar-refractivity contribution in [2.24, 2.45) is 0 Å². The lowest BCUT2D eigenvalue weighted by Gasteiger charge is -2.41. The SMILES string of the molecule is CC(=O)CN1C(=O)[C@@H](C)N(C[C@H](O)[C@H](O)[C@H](O)CO)c2[nH]c(=O)[nH]c(=O)c21. The van der Waals surface area contributed by atoms with E-state index in [9.17, 15) is 34.5 Å². The van der Waals surface area contributed by atoms with E-state index in [-0.39, 0.29) is 23.8 Å². The Balaban J connectivity index is 2.50. The maximum Gasteiger partial charge on any atom is 0.327 e. The van der Waals surface area contributed by atoms with Crippen LogP contribution in [0.15, 0.2) is 9.59 Å². The molecule has 12 heteroatoms. The fraction of sp³-hybridized carbons (Fsp3) is 0.600. The summed E-state index contributed by atoms with van der Waals surface area (Å²) < 4.78 is 0. The third-order valence-electron chi connectivity index (χ3n) is 4.29. The molecule has 1 aliphatic heterocycles. The average molecular weight is 386 g/mol. The summed E-state index contributed by atoms with van der Waals surface area (Å²) in [7, 11) is 0. The molecule has 1 aliphatic rings. The third-order valence-corrected chi connectivity index (χ3v) is 4.29. The van der Waals surface area contributed by atoms with E-state index in [1.165, 1.54) is 18.7 Å². The quantitative estimate of drug-likeness (QED) is 0.274. The minimum atomic E-state index is -1.73. The number of aromatic nitrogens is 2. The van der Waals surface area contributed by atoms with Crippen molar-refractivity contribution in [2.75, 3.05) is 29.5 Å². The molecule has 0 bridgehead atoms. The van der Waals surface area contributed by atoms with Crippen LogP contribution >= 0.6 is 0 Å². The predicted octanol–water partition coefficient (Wildman–Crippen LogP) is -3.73. The Morgan fingerprint density at radius 3 is 2.33 bits per heavy atom. The van der Waals surface area contributed by atoms with Gasteiger partial charge in [0.15, 0.2) is 5.69 Å². The van der Waals surface area contributed by atoms with Crippen molar-refractivity contribution in [3.8, 4) is 0 Å². The van der Waals surface area contributed by atoms with Gasteiger partial charge in [-0.3, -0.25) is 29.3 Å². The number of aromatic amines is 2. The van der Waals surface area contributed by atoms with Crippen LogP contribution < -0.4 is 21.0 Å². The van der Waals surface area contributed by atoms with Crippen molar-refractivity contribution in [3.63, 3.8) is 0 Å². The number of anilines is 2. The van der Waals surface area contributed by atoms with Gasteiger partial charge in [0, 0.05) is 6.54 Å². The average Bonchev–Trinajstić information content (AvgIpc) is 2.60. The van der Waals surface area contributed by atoms with Gasteiger partial charge >= 0.3 is 5.69 Å². The molecule has 0 radical (unpaired) electrons. The molecule has 6 N–H and O–H groups in total. The highest BCUT2D eigenvalue weighted by molar-refractivity contribution is 6.07. The maximum atomic E-state index is 12.7. The molecule has 2 rings (SSSR count). The van der Waals surface area contributed by atoms with E-state index in [1.54, 1.807) is 0 Å². The lowest BCUT2D eigenvalue weighted by molar-refractivity contribution is -0.123. The zero-order valence-corrected chi connectivity index (χ0v) is 14.7. The minimum absolute atomic E-state index is 0.109. The fourth-order valence-electron chi connectivity index (χ4n) is 2.89. The molecular weight excluding hydrogens is 364 g/mol. The molecule has 0 saturated heterocycles. The van der Waals surface area contributed by atoms with Gasteiger partial charge in [-0.25, -0.2) is 4.79 Å². The molecule has 0 fully saturated rings. The number of hydrogen-bond acceptors (Lipinski definition) is 9. The monoisotopic (exact) mass is 386 g/mol. The topological polar surface area (TPSA) is 187 Å². The molecular formula is C15H22N4O8. The fourth-order valence-corrected chi connectivity index (χ4v) is 2.89. The van der Waals surface area contributed by atoms with Crippen molar-refractivity contribution >= 4 is 23.2 Å². The largest absolute Gasteiger partial charge is 0.394 e. The number of amides is 1. The summed E-state index contributed by atoms with van der Waals surface area (Å²) in [6.07, 6.45) is -4.97. The van der Waals surface area contributed by atoms with E-state index in [1.807, 2.05) is 4.98 Å². The number of fused-ring (bicyclic) bond motifs is 1. The zero-order chi connectivity index (χ0) is 20.5. The van der Waals surface area contributed by atoms with Crippen molar-refractivity contribution in [2.45, 2.75) is 38.2 Å². The summed E-state index contributed by atoms with van der Waals surface area (Å²) in [5, 5.41) is 38.3. The van der Waals surface area contributed by atoms with E-state index < -0.39 is 54.7 Å². The second-order valence-corrected chi connectivity index (χ2v) is 6.37. The maximum absolute atomic E-state index is 12.7. The number of carbonyl (C=O) groups is 2. The number of rotatable bonds is 7. The molecule has 0 aromatic carbocycles. The number of H-pyrrole nitrogens is 2. The van der Waals surface area contributed by atoms with Crippen molar-refractivity contribution in [3.05, 3.63) is 20.8 Å². The molecule has 0 unspecified atom stereocenters. The summed E-state index contributed by atoms with van der Waals surface area (Å²) in [6.45, 7) is 1.05. The molecule has 12 nitrogen and oxygen atoms in total. The standard InChI is InChI=1S/C15H22N4O8/c1-6(21)3-19-10-12(16-15(27)17-13(10)25)18(7(2)14(19)26)4-8(22)11(24)9(23)5-20/h7-9,11,20,22-24H,3-5H2,1-2H3,(H2,16,17,25,27)/t7-,8+,9-,11+/m1/s1. The van der Waals surface area contributed by atoms with Crippen LogP contribution in [0, 0.1) is 0 Å². The molecule has 4 atom stereocenters. The van der Waals surface area contributed by atoms with Gasteiger partial charge in [0.25, 0.3) is 5.56 Å². The van der Waals surface area contributed by atoms with Crippen molar-refractivity contribution < 1.29 is 30.0 Å². The van der Waals surface area contributed by atoms with Crippen LogP contribution in [0.25, 0.3) is 0 Å². The Labute approximate surface area is 152 Å². The van der Waals surface area contributed by atoms with Gasteiger partial charge in [-0.2, -0.15) is 0 Å². The zero-order valence-electron chi connectivity index (χ0n) is 14.7. The number of aliphatic hydroxyl groups is 4. The summed E-state index contributed by atoms with van der Waals surface area (Å²) in [6, 6.07) is -0.998. The summed E-state index contributed by atoms with van der Waals surface area (Å²) in [5.74, 6) is -1.12. The second-order valence-electron chi connectivity index (χ2n) is 6.37. The number of Topliss-reactive ketones (excluding diaryl/α,β-unsaturated/α-hetero) is 1. The van der Waals surface area contributed by atoms with Crippen LogP contribution in [-0.2, 0) is 9.59 Å². The molecule has 2 heterocycles. The summed E-state index contributed by atoms with van der Waals surface area (Å²) >= 11 is 0. The number of nitrogens with one attached hydrogen (secondary N) is 2. The van der Waals surface area contributed by atoms with E-state index in [0.717, 1.165) is 4.90 Å². The molecule has 0 saturated carbocycles. The van der Waals surface area contributed by atoms with Gasteiger partial charge in [-0.15, -0.1) is 0 Å². The first-order valence-corrected chi connectivity index (χ1v) is 8.17. The van der Waals surface area contributed by atoms with Crippen molar-refractivity contribution in [1.82, 2.24) is 9.97 Å². The predicted molar refractivity (Wildman–Crippen MR) is 92.6 cm³/mol. The molecule has 0 spiro atoms. The Morgan fingerprint density at radius 1 is 1.15 bits per heavy atom. The smallest absolute Gasteiger partial charge is 0.327 e. The van der Waals surface area contributed by atoms with E-state index in [0.29, 0.717) is 0 Å². The lowest BCUT2D eigenvalue weighted by Crippen LogP contribution is -2.59. The van der Waals surface area contributed by atoms with Gasteiger partial charge in [0.1, 0.15) is 36.0 Å². The Hall–Kier alpha value is -2.54. The normalized spacial score (nSPS) is 20.2. The summed E-state index contributed by atoms with van der Waals surface area (Å²) in [4.78, 5) is 54.6. The van der Waals surface area contributed by atoms with Gasteiger partial charge < -0.3 is 25.3 Å². The Bertz CT molecular complexity index is 834. The van der Waals surface area contributed by atoms with E-state index in [2.05, 4.69) is 4.98 Å². The van der Waals surface area contributed by atoms with Crippen molar-refractivity contribution in [1.29, 1.82) is 0 Å². The van der Waals surface area contributed by atoms with Crippen LogP contribution in [-0.4, -0.2) is 86.1 Å². The van der Waals surface area contributed by atoms with E-state index in [4.69, 9.17) is 5.11 Å². The van der Waals surface area contributed by atoms with Gasteiger partial charge in [-0.05, 0) is 13.8 Å². The van der Waals surface area contributed by atoms with Crippen LogP contribution in [0.3, 0.4) is 0 Å². The number of ketones is 1. The Morgan fingerprint density at radius 2 is 1.78 bits per heavy atom. The van der Waals surface area contributed by atoms with Gasteiger partial charge in [0.2, 0.25) is 5.91 Å². The number of β-amino-alcohol motifs (C(OH)–C–C–N with tert-alkyl or cyclic N) is 1. The second kappa shape index (κ2) is 8.00. The molecule has 1 aromatic heterocycles. The number of carbonyl (C=O) groups excluding carboxylic acids is 2. The highest BCUT2D eigenvalue weighted by Crippen LogP contribution is 2.30. The van der Waals surface area contributed by atoms with Crippen LogP contribution in [0.4, 0.5) is 11.5 Å². The summed E-state index contributed by atoms with van der Waals surface area (Å²) in [5.41, 5.74) is -2.03. The van der Waals surface area contributed by atoms with Crippen LogP contribution in [0.1, 0.15) is 13.8 Å². The lowest BCUT2D eigenvalue weighted by atomic mass is 10.1.